The number of carbonyl (C=O) groups excluding carboxylic acids is 2. The van der Waals surface area contributed by atoms with Crippen molar-refractivity contribution in [2.24, 2.45) is 5.73 Å². The average Bonchev–Trinajstić information content (AvgIpc) is 3.56. The Morgan fingerprint density at radius 2 is 1.94 bits per heavy atom. The zero-order valence-electron chi connectivity index (χ0n) is 19.2. The van der Waals surface area contributed by atoms with Crippen LogP contribution in [0.1, 0.15) is 23.2 Å². The van der Waals surface area contributed by atoms with E-state index in [0.29, 0.717) is 28.1 Å². The minimum absolute atomic E-state index is 0.00972. The summed E-state index contributed by atoms with van der Waals surface area (Å²) in [5.41, 5.74) is 8.24. The highest BCUT2D eigenvalue weighted by Crippen LogP contribution is 2.30. The van der Waals surface area contributed by atoms with Crippen LogP contribution in [0.2, 0.25) is 0 Å². The van der Waals surface area contributed by atoms with Crippen LogP contribution in [-0.2, 0) is 16.1 Å². The van der Waals surface area contributed by atoms with E-state index in [1.165, 1.54) is 6.26 Å². The summed E-state index contributed by atoms with van der Waals surface area (Å²) in [6, 6.07) is 15.2. The Morgan fingerprint density at radius 3 is 2.60 bits per heavy atom. The lowest BCUT2D eigenvalue weighted by Crippen LogP contribution is -2.18. The first-order chi connectivity index (χ1) is 16.9. The molecular weight excluding hydrogens is 466 g/mol. The number of furan rings is 1. The number of aromatic nitrogens is 4. The summed E-state index contributed by atoms with van der Waals surface area (Å²) in [5.74, 6) is 0.583. The first-order valence-corrected chi connectivity index (χ1v) is 11.7. The molecule has 10 nitrogen and oxygen atoms in total. The van der Waals surface area contributed by atoms with E-state index >= 15 is 0 Å². The Morgan fingerprint density at radius 1 is 1.17 bits per heavy atom. The van der Waals surface area contributed by atoms with E-state index in [4.69, 9.17) is 10.2 Å². The molecule has 0 fully saturated rings. The molecule has 0 aliphatic heterocycles. The van der Waals surface area contributed by atoms with Gasteiger partial charge in [0.25, 0.3) is 0 Å². The van der Waals surface area contributed by atoms with Crippen LogP contribution in [0.5, 0.6) is 0 Å². The molecule has 35 heavy (non-hydrogen) atoms. The number of benzene rings is 1. The third-order valence-electron chi connectivity index (χ3n) is 5.47. The maximum absolute atomic E-state index is 13.0. The van der Waals surface area contributed by atoms with Gasteiger partial charge in [-0.1, -0.05) is 30.0 Å². The maximum atomic E-state index is 13.0. The van der Waals surface area contributed by atoms with E-state index in [1.807, 2.05) is 48.7 Å². The van der Waals surface area contributed by atoms with Gasteiger partial charge in [0, 0.05) is 24.3 Å². The van der Waals surface area contributed by atoms with Crippen LogP contribution >= 0.6 is 11.8 Å². The Balaban J connectivity index is 1.56. The molecule has 178 valence electrons. The van der Waals surface area contributed by atoms with Gasteiger partial charge in [0.15, 0.2) is 16.7 Å². The lowest BCUT2D eigenvalue weighted by Gasteiger charge is -2.13. The van der Waals surface area contributed by atoms with Crippen LogP contribution < -0.4 is 11.1 Å². The maximum Gasteiger partial charge on any atom is 0.236 e. The van der Waals surface area contributed by atoms with Gasteiger partial charge in [-0.2, -0.15) is 5.26 Å². The molecule has 1 aromatic carbocycles. The molecule has 0 saturated carbocycles. The van der Waals surface area contributed by atoms with Crippen molar-refractivity contribution in [1.29, 1.82) is 5.26 Å². The van der Waals surface area contributed by atoms with Gasteiger partial charge in [-0.05, 0) is 43.7 Å². The van der Waals surface area contributed by atoms with Crippen LogP contribution in [0.4, 0.5) is 5.82 Å². The lowest BCUT2D eigenvalue weighted by atomic mass is 10.2. The third kappa shape index (κ3) is 4.97. The fourth-order valence-electron chi connectivity index (χ4n) is 3.67. The van der Waals surface area contributed by atoms with Crippen molar-refractivity contribution in [3.05, 3.63) is 65.5 Å². The Kier molecular flexibility index (Phi) is 7.03. The number of nitriles is 1. The standard InChI is InChI=1S/C24H23N7O3S/c1-15-16(2)31(17-7-4-3-5-8-17)22(18(15)13-25)27-21(33)14-35-24-29-28-23(19-9-6-12-34-19)30(24)11-10-20(26)32/h3-9,12H,10-11,14H2,1-2H3,(H2,26,32)(H,27,33). The minimum atomic E-state index is -0.464. The Hall–Kier alpha value is -4.30. The molecule has 11 heteroatoms. The molecule has 4 rings (SSSR count). The van der Waals surface area contributed by atoms with Crippen LogP contribution in [0.3, 0.4) is 0 Å². The summed E-state index contributed by atoms with van der Waals surface area (Å²) in [5, 5.41) is 21.4. The molecule has 3 aromatic heterocycles. The number of hydrogen-bond donors (Lipinski definition) is 2. The van der Waals surface area contributed by atoms with Crippen molar-refractivity contribution in [2.45, 2.75) is 32.0 Å². The number of thioether (sulfide) groups is 1. The van der Waals surface area contributed by atoms with Crippen molar-refractivity contribution in [1.82, 2.24) is 19.3 Å². The van der Waals surface area contributed by atoms with Gasteiger partial charge in [0.05, 0.1) is 17.6 Å². The van der Waals surface area contributed by atoms with Gasteiger partial charge < -0.3 is 15.5 Å². The molecule has 3 N–H and O–H groups in total. The molecule has 0 bridgehead atoms. The predicted molar refractivity (Wildman–Crippen MR) is 131 cm³/mol. The van der Waals surface area contributed by atoms with E-state index < -0.39 is 5.91 Å². The van der Waals surface area contributed by atoms with E-state index in [9.17, 15) is 14.9 Å². The minimum Gasteiger partial charge on any atom is -0.461 e. The number of nitrogens with one attached hydrogen (secondary N) is 1. The molecule has 4 aromatic rings. The second kappa shape index (κ2) is 10.3. The number of primary amides is 1. The SMILES string of the molecule is Cc1c(C#N)c(NC(=O)CSc2nnc(-c3ccco3)n2CCC(N)=O)n(-c2ccccc2)c1C. The van der Waals surface area contributed by atoms with Gasteiger partial charge in [0.2, 0.25) is 11.8 Å². The number of rotatable bonds is 9. The molecule has 3 heterocycles. The molecule has 2 amide bonds. The number of para-hydroxylation sites is 1. The fraction of sp³-hybridized carbons (Fsp3) is 0.208. The first-order valence-electron chi connectivity index (χ1n) is 10.8. The van der Waals surface area contributed by atoms with E-state index in [0.717, 1.165) is 28.7 Å². The van der Waals surface area contributed by atoms with Crippen molar-refractivity contribution in [3.63, 3.8) is 0 Å². The Labute approximate surface area is 205 Å². The number of amides is 2. The molecule has 0 aliphatic rings. The molecule has 0 atom stereocenters. The molecule has 0 radical (unpaired) electrons. The average molecular weight is 490 g/mol. The summed E-state index contributed by atoms with van der Waals surface area (Å²) in [7, 11) is 0. The van der Waals surface area contributed by atoms with Crippen molar-refractivity contribution in [2.75, 3.05) is 11.1 Å². The zero-order valence-corrected chi connectivity index (χ0v) is 20.0. The quantitative estimate of drug-likeness (QED) is 0.343. The summed E-state index contributed by atoms with van der Waals surface area (Å²) in [4.78, 5) is 24.3. The highest BCUT2D eigenvalue weighted by molar-refractivity contribution is 7.99. The van der Waals surface area contributed by atoms with Crippen molar-refractivity contribution < 1.29 is 14.0 Å². The van der Waals surface area contributed by atoms with Crippen molar-refractivity contribution >= 4 is 29.4 Å². The molecular formula is C24H23N7O3S. The fourth-order valence-corrected chi connectivity index (χ4v) is 4.43. The van der Waals surface area contributed by atoms with Crippen molar-refractivity contribution in [3.8, 4) is 23.3 Å². The normalized spacial score (nSPS) is 10.8. The zero-order chi connectivity index (χ0) is 24.9. The van der Waals surface area contributed by atoms with Gasteiger partial charge in [0.1, 0.15) is 11.9 Å². The molecule has 0 spiro atoms. The second-order valence-corrected chi connectivity index (χ2v) is 8.65. The number of anilines is 1. The van der Waals surface area contributed by atoms with Crippen LogP contribution in [-0.4, -0.2) is 36.9 Å². The second-order valence-electron chi connectivity index (χ2n) is 7.71. The smallest absolute Gasteiger partial charge is 0.236 e. The summed E-state index contributed by atoms with van der Waals surface area (Å²) >= 11 is 1.16. The van der Waals surface area contributed by atoms with E-state index in [1.54, 1.807) is 16.7 Å². The number of hydrogen-bond acceptors (Lipinski definition) is 7. The largest absolute Gasteiger partial charge is 0.461 e. The molecule has 0 aliphatic carbocycles. The van der Waals surface area contributed by atoms with Gasteiger partial charge in [-0.15, -0.1) is 10.2 Å². The number of nitrogens with zero attached hydrogens (tertiary/aromatic N) is 5. The van der Waals surface area contributed by atoms with Crippen LogP contribution in [0.15, 0.2) is 58.3 Å². The number of nitrogens with two attached hydrogens (primary N) is 1. The summed E-state index contributed by atoms with van der Waals surface area (Å²) in [6.45, 7) is 4.01. The molecule has 0 unspecified atom stereocenters. The summed E-state index contributed by atoms with van der Waals surface area (Å²) < 4.78 is 8.98. The monoisotopic (exact) mass is 489 g/mol. The van der Waals surface area contributed by atoms with Gasteiger partial charge in [-0.3, -0.25) is 18.7 Å². The topological polar surface area (TPSA) is 145 Å². The van der Waals surface area contributed by atoms with E-state index in [2.05, 4.69) is 21.6 Å². The van der Waals surface area contributed by atoms with Gasteiger partial charge in [-0.25, -0.2) is 0 Å². The summed E-state index contributed by atoms with van der Waals surface area (Å²) in [6.07, 6.45) is 1.60. The lowest BCUT2D eigenvalue weighted by molar-refractivity contribution is -0.118. The first kappa shape index (κ1) is 23.8. The third-order valence-corrected chi connectivity index (χ3v) is 6.44. The highest BCUT2D eigenvalue weighted by atomic mass is 32.2. The van der Waals surface area contributed by atoms with Crippen LogP contribution in [0, 0.1) is 25.2 Å². The molecule has 0 saturated heterocycles. The van der Waals surface area contributed by atoms with Gasteiger partial charge >= 0.3 is 0 Å². The number of carbonyl (C=O) groups is 2. The van der Waals surface area contributed by atoms with E-state index in [-0.39, 0.29) is 24.6 Å². The highest BCUT2D eigenvalue weighted by Gasteiger charge is 2.22. The van der Waals surface area contributed by atoms with Crippen LogP contribution in [0.25, 0.3) is 17.3 Å². The Bertz CT molecular complexity index is 1400. The predicted octanol–water partition coefficient (Wildman–Crippen LogP) is 3.42.